The minimum absolute atomic E-state index is 0.453. The van der Waals surface area contributed by atoms with E-state index in [1.807, 2.05) is 0 Å². The maximum Gasteiger partial charge on any atom is 0.0114 e. The van der Waals surface area contributed by atoms with Gasteiger partial charge in [0.1, 0.15) is 0 Å². The Labute approximate surface area is 63.0 Å². The van der Waals surface area contributed by atoms with E-state index in [1.54, 1.807) is 0 Å². The molecule has 10 heavy (non-hydrogen) atoms. The average molecular weight is 137 g/mol. The van der Waals surface area contributed by atoms with Gasteiger partial charge in [0.15, 0.2) is 0 Å². The van der Waals surface area contributed by atoms with Crippen LogP contribution in [0.5, 0.6) is 0 Å². The molecule has 0 atom stereocenters. The standard InChI is InChI=1S/C9H15N/c1-2-3-8-4-6-9(10)7-5-8/h1,8-9H,3-7,10H2. The van der Waals surface area contributed by atoms with E-state index in [0.717, 1.165) is 12.3 Å². The quantitative estimate of drug-likeness (QED) is 0.545. The van der Waals surface area contributed by atoms with Gasteiger partial charge < -0.3 is 5.73 Å². The molecule has 0 radical (unpaired) electrons. The molecular weight excluding hydrogens is 122 g/mol. The van der Waals surface area contributed by atoms with Gasteiger partial charge in [0.2, 0.25) is 0 Å². The molecule has 0 spiro atoms. The van der Waals surface area contributed by atoms with Crippen LogP contribution in [0.3, 0.4) is 0 Å². The van der Waals surface area contributed by atoms with Crippen molar-refractivity contribution in [1.29, 1.82) is 0 Å². The van der Waals surface area contributed by atoms with Gasteiger partial charge in [-0.15, -0.1) is 12.3 Å². The number of nitrogens with two attached hydrogens (primary N) is 1. The number of terminal acetylenes is 1. The molecule has 0 aromatic rings. The predicted molar refractivity (Wildman–Crippen MR) is 43.4 cm³/mol. The zero-order valence-corrected chi connectivity index (χ0v) is 6.34. The molecule has 1 nitrogen and oxygen atoms in total. The van der Waals surface area contributed by atoms with Gasteiger partial charge in [-0.25, -0.2) is 0 Å². The highest BCUT2D eigenvalue weighted by atomic mass is 14.6. The number of hydrogen-bond donors (Lipinski definition) is 1. The molecule has 0 bridgehead atoms. The predicted octanol–water partition coefficient (Wildman–Crippen LogP) is 1.53. The fourth-order valence-corrected chi connectivity index (χ4v) is 1.56. The third kappa shape index (κ3) is 2.04. The second kappa shape index (κ2) is 3.63. The van der Waals surface area contributed by atoms with E-state index < -0.39 is 0 Å². The molecule has 0 heterocycles. The lowest BCUT2D eigenvalue weighted by Crippen LogP contribution is -2.26. The van der Waals surface area contributed by atoms with E-state index in [2.05, 4.69) is 5.92 Å². The van der Waals surface area contributed by atoms with Crippen LogP contribution in [0, 0.1) is 18.3 Å². The summed E-state index contributed by atoms with van der Waals surface area (Å²) in [4.78, 5) is 0. The molecule has 1 aliphatic carbocycles. The zero-order chi connectivity index (χ0) is 7.40. The van der Waals surface area contributed by atoms with Gasteiger partial charge in [-0.2, -0.15) is 0 Å². The monoisotopic (exact) mass is 137 g/mol. The van der Waals surface area contributed by atoms with Gasteiger partial charge in [-0.05, 0) is 31.6 Å². The maximum atomic E-state index is 5.74. The molecular formula is C9H15N. The van der Waals surface area contributed by atoms with Crippen molar-refractivity contribution in [2.45, 2.75) is 38.1 Å². The van der Waals surface area contributed by atoms with Crippen LogP contribution in [0.15, 0.2) is 0 Å². The Morgan fingerprint density at radius 3 is 2.40 bits per heavy atom. The van der Waals surface area contributed by atoms with Crippen molar-refractivity contribution in [3.8, 4) is 12.3 Å². The fraction of sp³-hybridized carbons (Fsp3) is 0.778. The van der Waals surface area contributed by atoms with Crippen molar-refractivity contribution >= 4 is 0 Å². The minimum atomic E-state index is 0.453. The molecule has 0 aromatic carbocycles. The van der Waals surface area contributed by atoms with Gasteiger partial charge in [0.05, 0.1) is 0 Å². The van der Waals surface area contributed by atoms with E-state index in [9.17, 15) is 0 Å². The highest BCUT2D eigenvalue weighted by molar-refractivity contribution is 4.88. The lowest BCUT2D eigenvalue weighted by molar-refractivity contribution is 0.331. The Balaban J connectivity index is 2.21. The van der Waals surface area contributed by atoms with Crippen molar-refractivity contribution in [2.75, 3.05) is 0 Å². The van der Waals surface area contributed by atoms with Crippen LogP contribution in [0.2, 0.25) is 0 Å². The Morgan fingerprint density at radius 1 is 1.30 bits per heavy atom. The van der Waals surface area contributed by atoms with Crippen molar-refractivity contribution in [2.24, 2.45) is 11.7 Å². The Bertz CT molecular complexity index is 126. The van der Waals surface area contributed by atoms with Crippen LogP contribution in [0.4, 0.5) is 0 Å². The van der Waals surface area contributed by atoms with Crippen LogP contribution in [0.1, 0.15) is 32.1 Å². The SMILES string of the molecule is C#CCC1CCC(N)CC1. The van der Waals surface area contributed by atoms with Gasteiger partial charge in [0, 0.05) is 12.5 Å². The van der Waals surface area contributed by atoms with E-state index in [1.165, 1.54) is 25.7 Å². The van der Waals surface area contributed by atoms with Gasteiger partial charge >= 0.3 is 0 Å². The summed E-state index contributed by atoms with van der Waals surface area (Å²) in [6.07, 6.45) is 11.0. The first-order chi connectivity index (χ1) is 4.83. The van der Waals surface area contributed by atoms with Crippen LogP contribution in [-0.2, 0) is 0 Å². The summed E-state index contributed by atoms with van der Waals surface area (Å²) in [5, 5.41) is 0. The molecule has 1 heteroatoms. The molecule has 2 N–H and O–H groups in total. The third-order valence-corrected chi connectivity index (χ3v) is 2.30. The van der Waals surface area contributed by atoms with Gasteiger partial charge in [-0.1, -0.05) is 0 Å². The fourth-order valence-electron chi connectivity index (χ4n) is 1.56. The van der Waals surface area contributed by atoms with E-state index >= 15 is 0 Å². The lowest BCUT2D eigenvalue weighted by Gasteiger charge is -2.24. The highest BCUT2D eigenvalue weighted by Crippen LogP contribution is 2.24. The van der Waals surface area contributed by atoms with Crippen molar-refractivity contribution in [3.05, 3.63) is 0 Å². The summed E-state index contributed by atoms with van der Waals surface area (Å²) < 4.78 is 0. The molecule has 0 aromatic heterocycles. The Hall–Kier alpha value is -0.480. The molecule has 1 fully saturated rings. The topological polar surface area (TPSA) is 26.0 Å². The van der Waals surface area contributed by atoms with Crippen LogP contribution >= 0.6 is 0 Å². The summed E-state index contributed by atoms with van der Waals surface area (Å²) in [6, 6.07) is 0.453. The largest absolute Gasteiger partial charge is 0.328 e. The highest BCUT2D eigenvalue weighted by Gasteiger charge is 2.16. The van der Waals surface area contributed by atoms with E-state index in [-0.39, 0.29) is 0 Å². The van der Waals surface area contributed by atoms with Crippen molar-refractivity contribution in [1.82, 2.24) is 0 Å². The van der Waals surface area contributed by atoms with Crippen LogP contribution in [0.25, 0.3) is 0 Å². The van der Waals surface area contributed by atoms with Gasteiger partial charge in [-0.3, -0.25) is 0 Å². The lowest BCUT2D eigenvalue weighted by atomic mass is 9.85. The first-order valence-electron chi connectivity index (χ1n) is 4.02. The van der Waals surface area contributed by atoms with Crippen molar-refractivity contribution in [3.63, 3.8) is 0 Å². The second-order valence-corrected chi connectivity index (χ2v) is 3.19. The summed E-state index contributed by atoms with van der Waals surface area (Å²) in [7, 11) is 0. The maximum absolute atomic E-state index is 5.74. The first kappa shape index (κ1) is 7.63. The molecule has 0 saturated heterocycles. The molecule has 1 aliphatic rings. The van der Waals surface area contributed by atoms with Crippen LogP contribution < -0.4 is 5.73 Å². The summed E-state index contributed by atoms with van der Waals surface area (Å²) in [5.41, 5.74) is 5.74. The first-order valence-corrected chi connectivity index (χ1v) is 4.02. The van der Waals surface area contributed by atoms with E-state index in [0.29, 0.717) is 6.04 Å². The smallest absolute Gasteiger partial charge is 0.0114 e. The molecule has 0 unspecified atom stereocenters. The van der Waals surface area contributed by atoms with E-state index in [4.69, 9.17) is 12.2 Å². The Morgan fingerprint density at radius 2 is 1.90 bits per heavy atom. The van der Waals surface area contributed by atoms with Gasteiger partial charge in [0.25, 0.3) is 0 Å². The number of rotatable bonds is 1. The minimum Gasteiger partial charge on any atom is -0.328 e. The summed E-state index contributed by atoms with van der Waals surface area (Å²) >= 11 is 0. The third-order valence-electron chi connectivity index (χ3n) is 2.30. The molecule has 1 saturated carbocycles. The molecule has 0 aliphatic heterocycles. The second-order valence-electron chi connectivity index (χ2n) is 3.19. The normalized spacial score (nSPS) is 33.2. The summed E-state index contributed by atoms with van der Waals surface area (Å²) in [6.45, 7) is 0. The summed E-state index contributed by atoms with van der Waals surface area (Å²) in [5.74, 6) is 3.48. The molecule has 1 rings (SSSR count). The molecule has 56 valence electrons. The Kier molecular flexibility index (Phi) is 2.77. The van der Waals surface area contributed by atoms with Crippen molar-refractivity contribution < 1.29 is 0 Å². The van der Waals surface area contributed by atoms with Crippen LogP contribution in [-0.4, -0.2) is 6.04 Å². The number of hydrogen-bond acceptors (Lipinski definition) is 1. The molecule has 0 amide bonds. The zero-order valence-electron chi connectivity index (χ0n) is 6.34. The average Bonchev–Trinajstić information content (AvgIpc) is 1.95.